The van der Waals surface area contributed by atoms with E-state index in [0.29, 0.717) is 29.8 Å². The van der Waals surface area contributed by atoms with Crippen LogP contribution in [0.5, 0.6) is 0 Å². The van der Waals surface area contributed by atoms with Gasteiger partial charge in [-0.1, -0.05) is 49.2 Å². The van der Waals surface area contributed by atoms with Crippen LogP contribution in [0.25, 0.3) is 0 Å². The lowest BCUT2D eigenvalue weighted by atomic mass is 9.80. The van der Waals surface area contributed by atoms with E-state index in [-0.39, 0.29) is 23.0 Å². The topological polar surface area (TPSA) is 76.3 Å². The van der Waals surface area contributed by atoms with Gasteiger partial charge in [0.1, 0.15) is 0 Å². The quantitative estimate of drug-likeness (QED) is 0.751. The van der Waals surface area contributed by atoms with Crippen molar-refractivity contribution in [2.45, 2.75) is 50.2 Å². The first-order chi connectivity index (χ1) is 12.8. The Balaban J connectivity index is 1.58. The maximum Gasteiger partial charge on any atom is 0.229 e. The van der Waals surface area contributed by atoms with Gasteiger partial charge < -0.3 is 4.52 Å². The lowest BCUT2D eigenvalue weighted by Crippen LogP contribution is -2.36. The molecule has 8 heteroatoms. The second-order valence-corrected chi connectivity index (χ2v) is 10.4. The highest BCUT2D eigenvalue weighted by atomic mass is 35.5. The van der Waals surface area contributed by atoms with Crippen molar-refractivity contribution in [1.29, 1.82) is 0 Å². The van der Waals surface area contributed by atoms with Gasteiger partial charge in [-0.3, -0.25) is 0 Å². The molecular formula is C19H24ClN3O3S. The van der Waals surface area contributed by atoms with Crippen LogP contribution in [0.3, 0.4) is 0 Å². The van der Waals surface area contributed by atoms with Gasteiger partial charge in [0.2, 0.25) is 15.9 Å². The molecule has 1 aromatic heterocycles. The molecule has 146 valence electrons. The summed E-state index contributed by atoms with van der Waals surface area (Å²) in [5, 5.41) is 4.84. The Morgan fingerprint density at radius 2 is 2.07 bits per heavy atom. The summed E-state index contributed by atoms with van der Waals surface area (Å²) in [6, 6.07) is 6.97. The van der Waals surface area contributed by atoms with Crippen molar-refractivity contribution in [2.75, 3.05) is 13.1 Å². The molecule has 1 saturated heterocycles. The number of halogens is 1. The van der Waals surface area contributed by atoms with Crippen molar-refractivity contribution in [3.63, 3.8) is 0 Å². The van der Waals surface area contributed by atoms with E-state index in [9.17, 15) is 8.42 Å². The molecule has 2 aromatic rings. The average molecular weight is 410 g/mol. The normalized spacial score (nSPS) is 26.0. The number of aromatic nitrogens is 2. The van der Waals surface area contributed by atoms with Gasteiger partial charge in [-0.2, -0.15) is 4.98 Å². The molecular weight excluding hydrogens is 386 g/mol. The van der Waals surface area contributed by atoms with Crippen LogP contribution in [-0.2, 0) is 21.2 Å². The number of rotatable bonds is 5. The van der Waals surface area contributed by atoms with E-state index in [1.807, 2.05) is 13.8 Å². The Bertz CT molecular complexity index is 926. The molecule has 4 rings (SSSR count). The third kappa shape index (κ3) is 3.41. The fraction of sp³-hybridized carbons (Fsp3) is 0.579. The zero-order valence-electron chi connectivity index (χ0n) is 15.6. The van der Waals surface area contributed by atoms with Crippen molar-refractivity contribution >= 4 is 21.6 Å². The fourth-order valence-corrected chi connectivity index (χ4v) is 6.13. The van der Waals surface area contributed by atoms with Gasteiger partial charge in [0, 0.05) is 24.0 Å². The maximum absolute atomic E-state index is 13.0. The minimum atomic E-state index is -3.42. The minimum absolute atomic E-state index is 0.0174. The summed E-state index contributed by atoms with van der Waals surface area (Å²) in [5.74, 6) is 1.69. The molecule has 0 spiro atoms. The second-order valence-electron chi connectivity index (χ2n) is 8.03. The molecule has 2 aliphatic rings. The summed E-state index contributed by atoms with van der Waals surface area (Å²) < 4.78 is 33.1. The number of fused-ring (bicyclic) bond motifs is 1. The van der Waals surface area contributed by atoms with Gasteiger partial charge in [-0.25, -0.2) is 12.7 Å². The van der Waals surface area contributed by atoms with Gasteiger partial charge >= 0.3 is 0 Å². The highest BCUT2D eigenvalue weighted by molar-refractivity contribution is 7.88. The summed E-state index contributed by atoms with van der Waals surface area (Å²) >= 11 is 5.90. The fourth-order valence-electron chi connectivity index (χ4n) is 4.38. The first kappa shape index (κ1) is 18.9. The van der Waals surface area contributed by atoms with E-state index in [4.69, 9.17) is 16.1 Å². The molecule has 2 heterocycles. The molecule has 1 aliphatic heterocycles. The third-order valence-corrected chi connectivity index (χ3v) is 7.89. The van der Waals surface area contributed by atoms with Crippen molar-refractivity contribution in [2.24, 2.45) is 5.92 Å². The molecule has 2 unspecified atom stereocenters. The molecule has 2 fully saturated rings. The van der Waals surface area contributed by atoms with Gasteiger partial charge in [-0.15, -0.1) is 0 Å². The summed E-state index contributed by atoms with van der Waals surface area (Å²) in [6.45, 7) is 4.99. The summed E-state index contributed by atoms with van der Waals surface area (Å²) in [7, 11) is -3.42. The van der Waals surface area contributed by atoms with Gasteiger partial charge in [0.25, 0.3) is 0 Å². The molecule has 0 bridgehead atoms. The molecule has 0 N–H and O–H groups in total. The lowest BCUT2D eigenvalue weighted by Gasteiger charge is -2.24. The van der Waals surface area contributed by atoms with Crippen LogP contribution in [0.1, 0.15) is 56.3 Å². The largest absolute Gasteiger partial charge is 0.339 e. The summed E-state index contributed by atoms with van der Waals surface area (Å²) in [4.78, 5) is 4.62. The molecule has 0 radical (unpaired) electrons. The van der Waals surface area contributed by atoms with Gasteiger partial charge in [-0.05, 0) is 36.5 Å². The zero-order valence-corrected chi connectivity index (χ0v) is 17.1. The molecule has 6 nitrogen and oxygen atoms in total. The van der Waals surface area contributed by atoms with Crippen LogP contribution in [-0.4, -0.2) is 36.0 Å². The lowest BCUT2D eigenvalue weighted by molar-refractivity contribution is 0.324. The van der Waals surface area contributed by atoms with E-state index in [2.05, 4.69) is 10.1 Å². The summed E-state index contributed by atoms with van der Waals surface area (Å²) in [6.07, 6.45) is 2.97. The maximum atomic E-state index is 13.0. The van der Waals surface area contributed by atoms with E-state index in [1.54, 1.807) is 28.6 Å². The third-order valence-electron chi connectivity index (χ3n) is 5.88. The van der Waals surface area contributed by atoms with Crippen molar-refractivity contribution in [1.82, 2.24) is 14.4 Å². The highest BCUT2D eigenvalue weighted by Gasteiger charge is 2.55. The predicted molar refractivity (Wildman–Crippen MR) is 103 cm³/mol. The monoisotopic (exact) mass is 409 g/mol. The Labute approximate surface area is 165 Å². The van der Waals surface area contributed by atoms with E-state index >= 15 is 0 Å². The standard InChI is InChI=1S/C19H24ClN3O3S/c1-13(2)17-21-18(22-26-17)19-9-3-4-15(19)10-23(12-19)27(24,25)11-14-5-7-16(20)8-6-14/h5-8,13,15H,3-4,9-12H2,1-2H3. The van der Waals surface area contributed by atoms with Crippen LogP contribution in [0.4, 0.5) is 0 Å². The number of benzene rings is 1. The van der Waals surface area contributed by atoms with Crippen LogP contribution in [0.15, 0.2) is 28.8 Å². The number of nitrogens with zero attached hydrogens (tertiary/aromatic N) is 3. The first-order valence-corrected chi connectivity index (χ1v) is 11.4. The van der Waals surface area contributed by atoms with Crippen molar-refractivity contribution in [3.05, 3.63) is 46.6 Å². The second kappa shape index (κ2) is 6.87. The zero-order chi connectivity index (χ0) is 19.2. The smallest absolute Gasteiger partial charge is 0.229 e. The minimum Gasteiger partial charge on any atom is -0.339 e. The molecule has 1 aliphatic carbocycles. The number of sulfonamides is 1. The molecule has 1 aromatic carbocycles. The molecule has 1 saturated carbocycles. The van der Waals surface area contributed by atoms with Crippen LogP contribution >= 0.6 is 11.6 Å². The van der Waals surface area contributed by atoms with E-state index < -0.39 is 10.0 Å². The Morgan fingerprint density at radius 1 is 1.33 bits per heavy atom. The molecule has 27 heavy (non-hydrogen) atoms. The average Bonchev–Trinajstić information content (AvgIpc) is 3.30. The SMILES string of the molecule is CC(C)c1nc(C23CCCC2CN(S(=O)(=O)Cc2ccc(Cl)cc2)C3)no1. The van der Waals surface area contributed by atoms with Crippen molar-refractivity contribution < 1.29 is 12.9 Å². The first-order valence-electron chi connectivity index (χ1n) is 9.36. The number of hydrogen-bond acceptors (Lipinski definition) is 5. The Kier molecular flexibility index (Phi) is 4.81. The van der Waals surface area contributed by atoms with Crippen molar-refractivity contribution in [3.8, 4) is 0 Å². The highest BCUT2D eigenvalue weighted by Crippen LogP contribution is 2.50. The van der Waals surface area contributed by atoms with E-state index in [1.165, 1.54) is 0 Å². The molecule has 0 amide bonds. The Hall–Kier alpha value is -1.44. The summed E-state index contributed by atoms with van der Waals surface area (Å²) in [5.41, 5.74) is 0.427. The number of hydrogen-bond donors (Lipinski definition) is 0. The van der Waals surface area contributed by atoms with Gasteiger partial charge in [0.05, 0.1) is 11.2 Å². The van der Waals surface area contributed by atoms with Crippen LogP contribution in [0, 0.1) is 5.92 Å². The van der Waals surface area contributed by atoms with Crippen LogP contribution in [0.2, 0.25) is 5.02 Å². The predicted octanol–water partition coefficient (Wildman–Crippen LogP) is 3.73. The Morgan fingerprint density at radius 3 is 2.74 bits per heavy atom. The van der Waals surface area contributed by atoms with Gasteiger partial charge in [0.15, 0.2) is 5.82 Å². The molecule has 2 atom stereocenters. The van der Waals surface area contributed by atoms with Crippen LogP contribution < -0.4 is 0 Å². The van der Waals surface area contributed by atoms with E-state index in [0.717, 1.165) is 24.8 Å².